The minimum Gasteiger partial charge on any atom is -0.508 e. The van der Waals surface area contributed by atoms with Crippen molar-refractivity contribution >= 4 is 79.8 Å². The maximum Gasteiger partial charge on any atom is 0.242 e. The van der Waals surface area contributed by atoms with Gasteiger partial charge in [-0.1, -0.05) is 40.9 Å². The zero-order valence-corrected chi connectivity index (χ0v) is 32.9. The third kappa shape index (κ3) is 5.02. The third-order valence-electron chi connectivity index (χ3n) is 12.4. The van der Waals surface area contributed by atoms with Crippen LogP contribution in [0.5, 0.6) is 11.5 Å². The van der Waals surface area contributed by atoms with Crippen molar-refractivity contribution in [3.05, 3.63) is 99.0 Å². The van der Waals surface area contributed by atoms with Crippen LogP contribution in [0.2, 0.25) is 10.0 Å². The molecule has 3 fully saturated rings. The van der Waals surface area contributed by atoms with E-state index < -0.39 is 46.8 Å². The van der Waals surface area contributed by atoms with Gasteiger partial charge in [0.15, 0.2) is 0 Å². The Bertz CT molecular complexity index is 2580. The Balaban J connectivity index is 1.16. The summed E-state index contributed by atoms with van der Waals surface area (Å²) in [6.07, 6.45) is 2.37. The molecule has 0 radical (unpaired) electrons. The van der Waals surface area contributed by atoms with E-state index in [1.165, 1.54) is 23.0 Å². The van der Waals surface area contributed by atoms with Crippen molar-refractivity contribution < 1.29 is 29.0 Å². The van der Waals surface area contributed by atoms with Gasteiger partial charge in [-0.05, 0) is 105 Å². The van der Waals surface area contributed by atoms with Gasteiger partial charge in [0.2, 0.25) is 23.6 Å². The monoisotopic (exact) mass is 794 g/mol. The van der Waals surface area contributed by atoms with Crippen LogP contribution < -0.4 is 14.5 Å². The number of nitrogens with zero attached hydrogens (tertiary/aromatic N) is 4. The van der Waals surface area contributed by atoms with Gasteiger partial charge in [-0.2, -0.15) is 5.10 Å². The lowest BCUT2D eigenvalue weighted by Crippen LogP contribution is -2.49. The number of ether oxygens (including phenoxy) is 1. The number of aromatic nitrogens is 2. The normalized spacial score (nSPS) is 26.1. The zero-order valence-electron chi connectivity index (χ0n) is 30.6. The van der Waals surface area contributed by atoms with Crippen LogP contribution in [0.1, 0.15) is 42.4 Å². The number of imide groups is 2. The van der Waals surface area contributed by atoms with E-state index >= 15 is 4.79 Å². The third-order valence-corrected chi connectivity index (χ3v) is 14.4. The summed E-state index contributed by atoms with van der Waals surface area (Å²) >= 11 is 14.3. The quantitative estimate of drug-likeness (QED) is 0.140. The number of rotatable bonds is 5. The molecule has 4 aliphatic rings. The zero-order chi connectivity index (χ0) is 38.8. The molecule has 0 spiro atoms. The van der Waals surface area contributed by atoms with Gasteiger partial charge in [-0.15, -0.1) is 11.3 Å². The standard InChI is InChI=1S/C42H36Cl2N4O6S/c1-19-6-8-22(15-30(19)44)47-38(50)25-11-10-24-27(35(25)40(47)52)17-29-39(51)48(41(53)42(29,3)36(24)28-16-23(54-5)9-12-32(28)49)34-18-31(45-46(34)4)37-20(2)26-14-21(43)7-13-33(26)55-37/h6-10,12-16,18,25,27,29,35-36,49H,11,17H2,1-5H3. The number of thiophene rings is 1. The Labute approximate surface area is 330 Å². The number of carbonyl (C=O) groups excluding carboxylic acids is 4. The predicted octanol–water partition coefficient (Wildman–Crippen LogP) is 8.37. The van der Waals surface area contributed by atoms with Gasteiger partial charge in [-0.3, -0.25) is 23.9 Å². The number of aromatic hydroxyl groups is 1. The molecule has 55 heavy (non-hydrogen) atoms. The highest BCUT2D eigenvalue weighted by atomic mass is 35.5. The number of hydrogen-bond acceptors (Lipinski definition) is 8. The van der Waals surface area contributed by atoms with Crippen LogP contribution >= 0.6 is 34.5 Å². The summed E-state index contributed by atoms with van der Waals surface area (Å²) in [5.41, 5.74) is 2.60. The molecule has 0 bridgehead atoms. The second-order valence-electron chi connectivity index (χ2n) is 15.2. The number of allylic oxidation sites excluding steroid dienone is 2. The van der Waals surface area contributed by atoms with E-state index in [9.17, 15) is 19.5 Å². The van der Waals surface area contributed by atoms with E-state index in [4.69, 9.17) is 33.0 Å². The molecule has 9 rings (SSSR count). The molecule has 6 atom stereocenters. The number of carbonyl (C=O) groups is 4. The summed E-state index contributed by atoms with van der Waals surface area (Å²) in [7, 11) is 3.22. The molecular formula is C42H36Cl2N4O6S. The van der Waals surface area contributed by atoms with Crippen LogP contribution in [-0.2, 0) is 26.2 Å². The lowest BCUT2D eigenvalue weighted by atomic mass is 9.51. The van der Waals surface area contributed by atoms with E-state index in [1.54, 1.807) is 66.4 Å². The van der Waals surface area contributed by atoms with Crippen LogP contribution in [0, 0.1) is 42.9 Å². The number of fused-ring (bicyclic) bond motifs is 5. The van der Waals surface area contributed by atoms with Crippen LogP contribution in [0.15, 0.2) is 72.3 Å². The highest BCUT2D eigenvalue weighted by Crippen LogP contribution is 2.65. The fourth-order valence-corrected chi connectivity index (χ4v) is 11.2. The topological polar surface area (TPSA) is 122 Å². The Morgan fingerprint density at radius 3 is 2.45 bits per heavy atom. The lowest BCUT2D eigenvalue weighted by Gasteiger charge is -2.49. The van der Waals surface area contributed by atoms with Crippen molar-refractivity contribution in [3.63, 3.8) is 0 Å². The second kappa shape index (κ2) is 12.5. The smallest absolute Gasteiger partial charge is 0.242 e. The highest BCUT2D eigenvalue weighted by Gasteiger charge is 2.68. The Kier molecular flexibility index (Phi) is 8.13. The van der Waals surface area contributed by atoms with Crippen molar-refractivity contribution in [3.8, 4) is 22.1 Å². The Morgan fingerprint density at radius 2 is 1.71 bits per heavy atom. The average molecular weight is 796 g/mol. The number of phenolic OH excluding ortho intramolecular Hbond substituents is 1. The molecule has 2 aliphatic carbocycles. The van der Waals surface area contributed by atoms with E-state index in [0.717, 1.165) is 31.7 Å². The molecule has 2 aromatic heterocycles. The number of methoxy groups -OCH3 is 1. The fourth-order valence-electron chi connectivity index (χ4n) is 9.66. The summed E-state index contributed by atoms with van der Waals surface area (Å²) in [6.45, 7) is 5.63. The molecular weight excluding hydrogens is 759 g/mol. The minimum atomic E-state index is -1.37. The summed E-state index contributed by atoms with van der Waals surface area (Å²) in [5.74, 6) is -4.56. The maximum atomic E-state index is 15.2. The van der Waals surface area contributed by atoms with Gasteiger partial charge in [0.05, 0.1) is 40.8 Å². The largest absolute Gasteiger partial charge is 0.508 e. The van der Waals surface area contributed by atoms with Gasteiger partial charge < -0.3 is 9.84 Å². The summed E-state index contributed by atoms with van der Waals surface area (Å²) in [5, 5.41) is 18.3. The molecule has 6 unspecified atom stereocenters. The van der Waals surface area contributed by atoms with Crippen molar-refractivity contribution in [2.45, 2.75) is 39.5 Å². The van der Waals surface area contributed by atoms with Crippen LogP contribution in [0.4, 0.5) is 11.5 Å². The molecule has 4 amide bonds. The molecule has 280 valence electrons. The molecule has 2 aliphatic heterocycles. The van der Waals surface area contributed by atoms with Crippen LogP contribution in [0.3, 0.4) is 0 Å². The first-order valence-corrected chi connectivity index (χ1v) is 19.6. The van der Waals surface area contributed by atoms with Crippen molar-refractivity contribution in [2.24, 2.45) is 36.1 Å². The van der Waals surface area contributed by atoms with Crippen LogP contribution in [0.25, 0.3) is 20.7 Å². The minimum absolute atomic E-state index is 0.0685. The van der Waals surface area contributed by atoms with Crippen molar-refractivity contribution in [1.82, 2.24) is 9.78 Å². The molecule has 4 heterocycles. The van der Waals surface area contributed by atoms with Crippen molar-refractivity contribution in [1.29, 1.82) is 0 Å². The number of anilines is 2. The molecule has 1 saturated carbocycles. The van der Waals surface area contributed by atoms with Gasteiger partial charge in [0.25, 0.3) is 0 Å². The fraction of sp³-hybridized carbons (Fsp3) is 0.310. The number of benzene rings is 3. The van der Waals surface area contributed by atoms with Gasteiger partial charge in [0.1, 0.15) is 23.0 Å². The van der Waals surface area contributed by atoms with Gasteiger partial charge >= 0.3 is 0 Å². The van der Waals surface area contributed by atoms with E-state index in [1.807, 2.05) is 38.1 Å². The highest BCUT2D eigenvalue weighted by molar-refractivity contribution is 7.22. The second-order valence-corrected chi connectivity index (χ2v) is 17.1. The van der Waals surface area contributed by atoms with E-state index in [-0.39, 0.29) is 30.4 Å². The number of halogens is 2. The molecule has 2 saturated heterocycles. The molecule has 13 heteroatoms. The Morgan fingerprint density at radius 1 is 0.927 bits per heavy atom. The summed E-state index contributed by atoms with van der Waals surface area (Å²) < 4.78 is 8.16. The molecule has 3 aromatic carbocycles. The van der Waals surface area contributed by atoms with Gasteiger partial charge in [0, 0.05) is 39.3 Å². The first-order chi connectivity index (χ1) is 26.2. The average Bonchev–Trinajstić information content (AvgIpc) is 3.83. The summed E-state index contributed by atoms with van der Waals surface area (Å²) in [4.78, 5) is 61.9. The summed E-state index contributed by atoms with van der Waals surface area (Å²) in [6, 6.07) is 17.4. The van der Waals surface area contributed by atoms with Crippen molar-refractivity contribution in [2.75, 3.05) is 16.9 Å². The molecule has 5 aromatic rings. The Hall–Kier alpha value is -4.97. The molecule has 10 nitrogen and oxygen atoms in total. The number of phenols is 1. The van der Waals surface area contributed by atoms with Gasteiger partial charge in [-0.25, -0.2) is 9.80 Å². The first-order valence-electron chi connectivity index (χ1n) is 18.1. The van der Waals surface area contributed by atoms with E-state index in [2.05, 4.69) is 0 Å². The number of aryl methyl sites for hydroxylation is 3. The molecule has 1 N–H and O–H groups in total. The maximum absolute atomic E-state index is 15.2. The van der Waals surface area contributed by atoms with Crippen LogP contribution in [-0.4, -0.2) is 45.6 Å². The lowest BCUT2D eigenvalue weighted by molar-refractivity contribution is -0.131. The SMILES string of the molecule is COc1ccc(O)c(C2C3=CCC4C(=O)N(c5ccc(C)c(Cl)c5)C(=O)C4C3CC3C(=O)N(c4cc(-c5sc6ccc(Cl)cc6c5C)nn4C)C(=O)C32C)c1. The van der Waals surface area contributed by atoms with E-state index in [0.29, 0.717) is 38.6 Å². The number of amides is 4. The number of hydrogen-bond donors (Lipinski definition) is 1. The first kappa shape index (κ1) is 35.7. The predicted molar refractivity (Wildman–Crippen MR) is 212 cm³/mol.